The summed E-state index contributed by atoms with van der Waals surface area (Å²) in [5.41, 5.74) is 0.0115. The molecule has 1 aromatic rings. The monoisotopic (exact) mass is 310 g/mol. The Bertz CT molecular complexity index is 443. The van der Waals surface area contributed by atoms with Crippen molar-refractivity contribution in [3.8, 4) is 5.75 Å². The molecule has 1 aliphatic carbocycles. The molecular weight excluding hydrogens is 291 g/mol. The fourth-order valence-electron chi connectivity index (χ4n) is 2.56. The van der Waals surface area contributed by atoms with Crippen LogP contribution in [0.1, 0.15) is 38.2 Å². The van der Waals surface area contributed by atoms with E-state index in [1.807, 2.05) is 0 Å². The zero-order chi connectivity index (χ0) is 14.0. The van der Waals surface area contributed by atoms with Gasteiger partial charge in [-0.25, -0.2) is 0 Å². The Morgan fingerprint density at radius 1 is 1.10 bits per heavy atom. The topological polar surface area (TPSA) is 9.23 Å². The molecule has 0 aliphatic heterocycles. The first-order valence-electron chi connectivity index (χ1n) is 6.83. The average Bonchev–Trinajstić information content (AvgIpc) is 2.33. The molecule has 0 bridgehead atoms. The van der Waals surface area contributed by atoms with Crippen LogP contribution in [0.3, 0.4) is 0 Å². The molecule has 1 nitrogen and oxygen atoms in total. The average molecular weight is 310 g/mol. The quantitative estimate of drug-likeness (QED) is 0.757. The van der Waals surface area contributed by atoms with Crippen molar-refractivity contribution < 1.29 is 69.1 Å². The third kappa shape index (κ3) is 5.05. The van der Waals surface area contributed by atoms with E-state index in [0.29, 0.717) is 11.5 Å². The van der Waals surface area contributed by atoms with E-state index in [9.17, 15) is 12.9 Å². The summed E-state index contributed by atoms with van der Waals surface area (Å²) in [7, 11) is 0. The Balaban J connectivity index is 0.00000200. The fourth-order valence-corrected chi connectivity index (χ4v) is 2.56. The van der Waals surface area contributed by atoms with Crippen LogP contribution in [0, 0.1) is 12.8 Å². The van der Waals surface area contributed by atoms with Gasteiger partial charge in [0, 0.05) is 0 Å². The Hall–Kier alpha value is 0.511. The number of ether oxygens (including phenoxy) is 1. The smallest absolute Gasteiger partial charge is 0.493 e. The molecule has 0 spiro atoms. The number of hydrogen-bond acceptors (Lipinski definition) is 1. The van der Waals surface area contributed by atoms with Crippen LogP contribution in [-0.2, 0) is 0 Å². The van der Waals surface area contributed by atoms with Gasteiger partial charge in [-0.3, -0.25) is 0 Å². The van der Waals surface area contributed by atoms with Crippen molar-refractivity contribution in [3.05, 3.63) is 23.8 Å². The Labute approximate surface area is 161 Å². The van der Waals surface area contributed by atoms with E-state index < -0.39 is 12.4 Å². The normalized spacial score (nSPS) is 23.1. The van der Waals surface area contributed by atoms with Gasteiger partial charge in [-0.15, -0.1) is 0 Å². The van der Waals surface area contributed by atoms with Gasteiger partial charge in [-0.1, -0.05) is 30.1 Å². The van der Waals surface area contributed by atoms with E-state index >= 15 is 0 Å². The Morgan fingerprint density at radius 2 is 1.70 bits per heavy atom. The fraction of sp³-hybridized carbons (Fsp3) is 0.571. The third-order valence-corrected chi connectivity index (χ3v) is 3.77. The zero-order valence-electron chi connectivity index (χ0n) is 12.3. The maximum absolute atomic E-state index is 13.0. The summed E-state index contributed by atoms with van der Waals surface area (Å²) >= 11 is 0. The van der Waals surface area contributed by atoms with Gasteiger partial charge in [0.25, 0.3) is 0 Å². The van der Waals surface area contributed by atoms with Crippen LogP contribution in [0.4, 0.5) is 12.9 Å². The van der Waals surface area contributed by atoms with Gasteiger partial charge in [0.15, 0.2) is 0 Å². The third-order valence-electron chi connectivity index (χ3n) is 3.77. The summed E-state index contributed by atoms with van der Waals surface area (Å²) in [6.07, 6.45) is 3.68. The van der Waals surface area contributed by atoms with Crippen LogP contribution in [0.25, 0.3) is 0 Å². The molecule has 2 rings (SSSR count). The molecule has 0 atom stereocenters. The summed E-state index contributed by atoms with van der Waals surface area (Å²) in [5.74, 6) is 0.654. The minimum atomic E-state index is -5.02. The van der Waals surface area contributed by atoms with Crippen LogP contribution in [-0.4, -0.2) is 13.1 Å². The minimum Gasteiger partial charge on any atom is -0.493 e. The molecule has 106 valence electrons. The van der Waals surface area contributed by atoms with Crippen molar-refractivity contribution in [1.82, 2.24) is 0 Å². The molecule has 1 saturated carbocycles. The van der Waals surface area contributed by atoms with E-state index in [-0.39, 0.29) is 63.2 Å². The van der Waals surface area contributed by atoms with Gasteiger partial charge < -0.3 is 17.7 Å². The first kappa shape index (κ1) is 18.6. The van der Waals surface area contributed by atoms with Gasteiger partial charge in [-0.05, 0) is 44.6 Å². The van der Waals surface area contributed by atoms with Crippen molar-refractivity contribution >= 4 is 12.4 Å². The predicted octanol–water partition coefficient (Wildman–Crippen LogP) is 1.01. The molecule has 0 radical (unpaired) electrons. The summed E-state index contributed by atoms with van der Waals surface area (Å²) in [4.78, 5) is 0. The van der Waals surface area contributed by atoms with Crippen LogP contribution in [0.2, 0.25) is 0 Å². The molecule has 0 N–H and O–H groups in total. The summed E-state index contributed by atoms with van der Waals surface area (Å²) in [6.45, 7) is -1.18. The summed E-state index contributed by atoms with van der Waals surface area (Å²) < 4.78 is 44.7. The largest absolute Gasteiger partial charge is 1.00 e. The SMILES string of the molecule is Cc1ccc(OC2CCC(C)CC2)c([B-](F)(F)F)c1.[K+]. The van der Waals surface area contributed by atoms with E-state index in [1.165, 1.54) is 12.1 Å². The number of rotatable bonds is 3. The summed E-state index contributed by atoms with van der Waals surface area (Å²) in [5, 5.41) is 0. The van der Waals surface area contributed by atoms with Gasteiger partial charge >= 0.3 is 58.4 Å². The second kappa shape index (κ2) is 7.68. The van der Waals surface area contributed by atoms with Crippen molar-refractivity contribution in [2.45, 2.75) is 45.6 Å². The first-order valence-corrected chi connectivity index (χ1v) is 6.83. The van der Waals surface area contributed by atoms with Crippen LogP contribution < -0.4 is 61.6 Å². The van der Waals surface area contributed by atoms with Crippen LogP contribution >= 0.6 is 0 Å². The molecule has 0 unspecified atom stereocenters. The van der Waals surface area contributed by atoms with Gasteiger partial charge in [-0.2, -0.15) is 0 Å². The molecule has 1 aromatic carbocycles. The minimum absolute atomic E-state index is 0. The van der Waals surface area contributed by atoms with E-state index in [1.54, 1.807) is 13.0 Å². The maximum atomic E-state index is 13.0. The van der Waals surface area contributed by atoms with Gasteiger partial charge in [0.2, 0.25) is 0 Å². The predicted molar refractivity (Wildman–Crippen MR) is 71.9 cm³/mol. The summed E-state index contributed by atoms with van der Waals surface area (Å²) in [6, 6.07) is 4.31. The molecular formula is C14H19BF3KO. The number of benzene rings is 1. The molecule has 0 heterocycles. The Morgan fingerprint density at radius 3 is 2.25 bits per heavy atom. The number of hydrogen-bond donors (Lipinski definition) is 0. The van der Waals surface area contributed by atoms with Crippen molar-refractivity contribution in [2.24, 2.45) is 5.92 Å². The second-order valence-electron chi connectivity index (χ2n) is 5.62. The standard InChI is InChI=1S/C14H19BF3O.K/c1-10-3-6-12(7-4-10)19-14-8-5-11(2)9-13(14)15(16,17)18;/h5,8-10,12H,3-4,6-7H2,1-2H3;/q-1;+1. The van der Waals surface area contributed by atoms with Gasteiger partial charge in [0.05, 0.1) is 11.9 Å². The molecule has 0 amide bonds. The second-order valence-corrected chi connectivity index (χ2v) is 5.62. The molecule has 0 aromatic heterocycles. The van der Waals surface area contributed by atoms with E-state index in [4.69, 9.17) is 4.74 Å². The molecule has 6 heteroatoms. The van der Waals surface area contributed by atoms with Crippen molar-refractivity contribution in [2.75, 3.05) is 0 Å². The van der Waals surface area contributed by atoms with Crippen LogP contribution in [0.5, 0.6) is 5.75 Å². The maximum Gasteiger partial charge on any atom is 1.00 e. The molecule has 20 heavy (non-hydrogen) atoms. The molecule has 0 saturated heterocycles. The number of halogens is 3. The van der Waals surface area contributed by atoms with Crippen molar-refractivity contribution in [1.29, 1.82) is 0 Å². The van der Waals surface area contributed by atoms with E-state index in [2.05, 4.69) is 6.92 Å². The first-order chi connectivity index (χ1) is 8.86. The molecule has 1 fully saturated rings. The van der Waals surface area contributed by atoms with Crippen LogP contribution in [0.15, 0.2) is 18.2 Å². The van der Waals surface area contributed by atoms with Gasteiger partial charge in [0.1, 0.15) is 0 Å². The van der Waals surface area contributed by atoms with Crippen molar-refractivity contribution in [3.63, 3.8) is 0 Å². The Kier molecular flexibility index (Phi) is 7.12. The number of aryl methyl sites for hydroxylation is 1. The molecule has 1 aliphatic rings. The zero-order valence-corrected chi connectivity index (χ0v) is 15.5. The van der Waals surface area contributed by atoms with E-state index in [0.717, 1.165) is 25.7 Å².